The molecule has 1 N–H and O–H groups in total. The molecular formula is C33H32FN3O3. The summed E-state index contributed by atoms with van der Waals surface area (Å²) >= 11 is 0. The van der Waals surface area contributed by atoms with E-state index in [1.165, 1.54) is 21.9 Å². The van der Waals surface area contributed by atoms with Gasteiger partial charge in [-0.1, -0.05) is 80.1 Å². The van der Waals surface area contributed by atoms with Gasteiger partial charge >= 0.3 is 0 Å². The summed E-state index contributed by atoms with van der Waals surface area (Å²) in [7, 11) is 0. The predicted molar refractivity (Wildman–Crippen MR) is 154 cm³/mol. The monoisotopic (exact) mass is 537 g/mol. The summed E-state index contributed by atoms with van der Waals surface area (Å²) in [6, 6.07) is 25.8. The molecular weight excluding hydrogens is 505 g/mol. The molecule has 4 aromatic carbocycles. The third-order valence-electron chi connectivity index (χ3n) is 7.31. The molecule has 1 aliphatic heterocycles. The number of hydrogen-bond acceptors (Lipinski definition) is 3. The van der Waals surface area contributed by atoms with Gasteiger partial charge in [-0.05, 0) is 47.2 Å². The highest BCUT2D eigenvalue weighted by Crippen LogP contribution is 2.37. The molecule has 0 spiro atoms. The minimum absolute atomic E-state index is 0.0942. The molecule has 0 aromatic heterocycles. The van der Waals surface area contributed by atoms with E-state index in [1.54, 1.807) is 18.2 Å². The van der Waals surface area contributed by atoms with Gasteiger partial charge in [0.15, 0.2) is 0 Å². The van der Waals surface area contributed by atoms with Crippen molar-refractivity contribution in [2.45, 2.75) is 38.8 Å². The number of carbonyl (C=O) groups is 3. The normalized spacial score (nSPS) is 12.9. The minimum atomic E-state index is -0.826. The Bertz CT molecular complexity index is 1520. The van der Waals surface area contributed by atoms with E-state index in [0.29, 0.717) is 29.8 Å². The van der Waals surface area contributed by atoms with Crippen LogP contribution in [-0.2, 0) is 22.6 Å². The van der Waals surface area contributed by atoms with E-state index in [4.69, 9.17) is 0 Å². The van der Waals surface area contributed by atoms with Gasteiger partial charge in [-0.25, -0.2) is 4.39 Å². The van der Waals surface area contributed by atoms with Gasteiger partial charge in [0.25, 0.3) is 5.91 Å². The summed E-state index contributed by atoms with van der Waals surface area (Å²) in [6.07, 6.45) is 2.04. The Morgan fingerprint density at radius 3 is 2.35 bits per heavy atom. The first-order valence-corrected chi connectivity index (χ1v) is 13.7. The fourth-order valence-electron chi connectivity index (χ4n) is 5.21. The number of hydrogen-bond donors (Lipinski definition) is 1. The van der Waals surface area contributed by atoms with E-state index in [9.17, 15) is 18.8 Å². The summed E-state index contributed by atoms with van der Waals surface area (Å²) in [5, 5.41) is 4.75. The molecule has 7 heteroatoms. The van der Waals surface area contributed by atoms with Crippen LogP contribution >= 0.6 is 0 Å². The van der Waals surface area contributed by atoms with Crippen LogP contribution in [0.5, 0.6) is 0 Å². The molecule has 1 aliphatic rings. The second kappa shape index (κ2) is 12.1. The molecule has 6 nitrogen and oxygen atoms in total. The van der Waals surface area contributed by atoms with Crippen LogP contribution in [0.4, 0.5) is 10.1 Å². The molecule has 0 aliphatic carbocycles. The number of unbranched alkanes of at least 4 members (excludes halogenated alkanes) is 1. The molecule has 0 saturated carbocycles. The number of amides is 3. The maximum atomic E-state index is 14.1. The summed E-state index contributed by atoms with van der Waals surface area (Å²) in [5.41, 5.74) is 2.83. The molecule has 0 fully saturated rings. The third-order valence-corrected chi connectivity index (χ3v) is 7.31. The van der Waals surface area contributed by atoms with Crippen molar-refractivity contribution >= 4 is 34.2 Å². The van der Waals surface area contributed by atoms with Crippen LogP contribution in [0.25, 0.3) is 10.8 Å². The number of rotatable bonds is 11. The zero-order valence-electron chi connectivity index (χ0n) is 22.5. The average Bonchev–Trinajstić information content (AvgIpc) is 3.24. The molecule has 1 heterocycles. The first-order chi connectivity index (χ1) is 19.5. The fourth-order valence-corrected chi connectivity index (χ4v) is 5.21. The van der Waals surface area contributed by atoms with Gasteiger partial charge in [0.1, 0.15) is 18.4 Å². The number of carbonyl (C=O) groups excluding carboxylic acids is 3. The molecule has 0 unspecified atom stereocenters. The second-order valence-corrected chi connectivity index (χ2v) is 10.1. The second-order valence-electron chi connectivity index (χ2n) is 10.1. The standard InChI is InChI=1S/C33H32FN3O3/c1-2-3-19-35-32(39)29(20-23-9-5-4-6-10-23)36(21-24-15-17-26(34)18-16-24)30(38)22-37-28-14-8-12-25-11-7-13-27(31(25)28)33(37)40/h4-18,29H,2-3,19-22H2,1H3,(H,35,39)/t29-/m0/s1. The molecule has 4 aromatic rings. The van der Waals surface area contributed by atoms with Crippen molar-refractivity contribution in [2.24, 2.45) is 0 Å². The van der Waals surface area contributed by atoms with Crippen LogP contribution in [-0.4, -0.2) is 41.8 Å². The van der Waals surface area contributed by atoms with Crippen LogP contribution in [0.15, 0.2) is 91.0 Å². The van der Waals surface area contributed by atoms with Gasteiger partial charge in [-0.2, -0.15) is 0 Å². The lowest BCUT2D eigenvalue weighted by atomic mass is 10.0. The third kappa shape index (κ3) is 5.73. The Morgan fingerprint density at radius 2 is 1.62 bits per heavy atom. The fraction of sp³-hybridized carbons (Fsp3) is 0.242. The Balaban J connectivity index is 1.49. The van der Waals surface area contributed by atoms with E-state index in [0.717, 1.165) is 29.2 Å². The highest BCUT2D eigenvalue weighted by molar-refractivity contribution is 6.26. The maximum Gasteiger partial charge on any atom is 0.259 e. The molecule has 3 amide bonds. The van der Waals surface area contributed by atoms with Gasteiger partial charge in [-0.3, -0.25) is 19.3 Å². The Morgan fingerprint density at radius 1 is 0.900 bits per heavy atom. The Kier molecular flexibility index (Phi) is 8.20. The summed E-state index contributed by atoms with van der Waals surface area (Å²) < 4.78 is 13.7. The quantitative estimate of drug-likeness (QED) is 0.257. The molecule has 1 atom stereocenters. The molecule has 0 radical (unpaired) electrons. The van der Waals surface area contributed by atoms with Crippen molar-refractivity contribution in [2.75, 3.05) is 18.0 Å². The van der Waals surface area contributed by atoms with Crippen molar-refractivity contribution in [1.29, 1.82) is 0 Å². The lowest BCUT2D eigenvalue weighted by molar-refractivity contribution is -0.140. The molecule has 40 heavy (non-hydrogen) atoms. The van der Waals surface area contributed by atoms with E-state index in [-0.39, 0.29) is 36.6 Å². The topological polar surface area (TPSA) is 69.7 Å². The SMILES string of the molecule is CCCCNC(=O)[C@H](Cc1ccccc1)N(Cc1ccc(F)cc1)C(=O)CN1C(=O)c2cccc3cccc1c23. The average molecular weight is 538 g/mol. The summed E-state index contributed by atoms with van der Waals surface area (Å²) in [6.45, 7) is 2.42. The molecule has 0 bridgehead atoms. The van der Waals surface area contributed by atoms with Crippen molar-refractivity contribution in [3.63, 3.8) is 0 Å². The van der Waals surface area contributed by atoms with Crippen molar-refractivity contribution in [1.82, 2.24) is 10.2 Å². The minimum Gasteiger partial charge on any atom is -0.354 e. The van der Waals surface area contributed by atoms with Crippen LogP contribution in [0.3, 0.4) is 0 Å². The zero-order chi connectivity index (χ0) is 28.1. The lowest BCUT2D eigenvalue weighted by Gasteiger charge is -2.33. The van der Waals surface area contributed by atoms with E-state index >= 15 is 0 Å². The van der Waals surface area contributed by atoms with Crippen molar-refractivity contribution in [3.8, 4) is 0 Å². The first-order valence-electron chi connectivity index (χ1n) is 13.7. The summed E-state index contributed by atoms with van der Waals surface area (Å²) in [4.78, 5) is 44.2. The lowest BCUT2D eigenvalue weighted by Crippen LogP contribution is -2.53. The van der Waals surface area contributed by atoms with Crippen LogP contribution in [0.1, 0.15) is 41.3 Å². The summed E-state index contributed by atoms with van der Waals surface area (Å²) in [5.74, 6) is -1.25. The maximum absolute atomic E-state index is 14.1. The first kappa shape index (κ1) is 27.1. The Hall–Kier alpha value is -4.52. The van der Waals surface area contributed by atoms with Gasteiger partial charge in [0, 0.05) is 30.5 Å². The Labute approximate surface area is 233 Å². The van der Waals surface area contributed by atoms with Crippen LogP contribution in [0.2, 0.25) is 0 Å². The van der Waals surface area contributed by atoms with Crippen molar-refractivity contribution < 1.29 is 18.8 Å². The van der Waals surface area contributed by atoms with Gasteiger partial charge in [-0.15, -0.1) is 0 Å². The predicted octanol–water partition coefficient (Wildman–Crippen LogP) is 5.50. The van der Waals surface area contributed by atoms with Gasteiger partial charge in [0.2, 0.25) is 11.8 Å². The van der Waals surface area contributed by atoms with E-state index in [2.05, 4.69) is 5.32 Å². The van der Waals surface area contributed by atoms with Gasteiger partial charge < -0.3 is 10.2 Å². The highest BCUT2D eigenvalue weighted by Gasteiger charge is 2.35. The largest absolute Gasteiger partial charge is 0.354 e. The van der Waals surface area contributed by atoms with Crippen LogP contribution in [0, 0.1) is 5.82 Å². The zero-order valence-corrected chi connectivity index (χ0v) is 22.5. The van der Waals surface area contributed by atoms with Gasteiger partial charge in [0.05, 0.1) is 5.69 Å². The van der Waals surface area contributed by atoms with Crippen LogP contribution < -0.4 is 10.2 Å². The number of benzene rings is 4. The smallest absolute Gasteiger partial charge is 0.259 e. The number of halogens is 1. The molecule has 5 rings (SSSR count). The number of nitrogens with one attached hydrogen (secondary N) is 1. The highest BCUT2D eigenvalue weighted by atomic mass is 19.1. The van der Waals surface area contributed by atoms with E-state index in [1.807, 2.05) is 67.6 Å². The van der Waals surface area contributed by atoms with E-state index < -0.39 is 6.04 Å². The molecule has 204 valence electrons. The number of nitrogens with zero attached hydrogens (tertiary/aromatic N) is 2. The molecule has 0 saturated heterocycles. The van der Waals surface area contributed by atoms with Crippen molar-refractivity contribution in [3.05, 3.63) is 114 Å². The number of anilines is 1.